The summed E-state index contributed by atoms with van der Waals surface area (Å²) in [6.07, 6.45) is 2.61. The molecule has 22 heavy (non-hydrogen) atoms. The van der Waals surface area contributed by atoms with Gasteiger partial charge in [0.25, 0.3) is 0 Å². The van der Waals surface area contributed by atoms with Crippen LogP contribution in [0.25, 0.3) is 11.5 Å². The number of aromatic nitrogens is 1. The molecule has 118 valence electrons. The number of carbonyl (C=O) groups is 1. The lowest BCUT2D eigenvalue weighted by Crippen LogP contribution is -2.35. The van der Waals surface area contributed by atoms with Gasteiger partial charge in [0, 0.05) is 17.8 Å². The summed E-state index contributed by atoms with van der Waals surface area (Å²) in [5.41, 5.74) is 2.23. The predicted molar refractivity (Wildman–Crippen MR) is 84.6 cm³/mol. The summed E-state index contributed by atoms with van der Waals surface area (Å²) in [7, 11) is 0. The van der Waals surface area contributed by atoms with Crippen LogP contribution in [0.5, 0.6) is 0 Å². The summed E-state index contributed by atoms with van der Waals surface area (Å²) in [4.78, 5) is 16.1. The molecule has 1 aromatic heterocycles. The highest BCUT2D eigenvalue weighted by atomic mass is 16.3. The number of amides is 2. The van der Waals surface area contributed by atoms with Crippen LogP contribution in [0.3, 0.4) is 0 Å². The number of benzene rings is 1. The molecule has 0 aliphatic heterocycles. The van der Waals surface area contributed by atoms with E-state index in [1.807, 2.05) is 26.0 Å². The number of aliphatic hydroxyl groups is 1. The van der Waals surface area contributed by atoms with E-state index in [0.29, 0.717) is 18.0 Å². The van der Waals surface area contributed by atoms with E-state index in [2.05, 4.69) is 15.6 Å². The van der Waals surface area contributed by atoms with Gasteiger partial charge in [-0.25, -0.2) is 9.78 Å². The molecule has 6 heteroatoms. The number of rotatable bonds is 6. The van der Waals surface area contributed by atoms with Crippen molar-refractivity contribution in [2.45, 2.75) is 32.8 Å². The van der Waals surface area contributed by atoms with Crippen molar-refractivity contribution in [3.8, 4) is 11.5 Å². The number of carbonyl (C=O) groups excluding carboxylic acids is 1. The molecule has 0 saturated heterocycles. The molecule has 6 nitrogen and oxygen atoms in total. The lowest BCUT2D eigenvalue weighted by atomic mass is 10.2. The maximum Gasteiger partial charge on any atom is 0.319 e. The number of aryl methyl sites for hydroxylation is 1. The van der Waals surface area contributed by atoms with Crippen LogP contribution in [0.1, 0.15) is 25.5 Å². The van der Waals surface area contributed by atoms with Crippen molar-refractivity contribution < 1.29 is 14.3 Å². The minimum Gasteiger partial charge on any atom is -0.444 e. The van der Waals surface area contributed by atoms with Gasteiger partial charge in [-0.1, -0.05) is 19.4 Å². The van der Waals surface area contributed by atoms with E-state index in [9.17, 15) is 9.90 Å². The minimum atomic E-state index is -0.516. The van der Waals surface area contributed by atoms with Gasteiger partial charge in [0.05, 0.1) is 11.8 Å². The predicted octanol–water partition coefficient (Wildman–Crippen LogP) is 2.93. The maximum atomic E-state index is 11.8. The third-order valence-corrected chi connectivity index (χ3v) is 3.11. The summed E-state index contributed by atoms with van der Waals surface area (Å²) < 4.78 is 5.34. The average molecular weight is 303 g/mol. The third kappa shape index (κ3) is 4.60. The monoisotopic (exact) mass is 303 g/mol. The fourth-order valence-electron chi connectivity index (χ4n) is 2.04. The molecule has 1 heterocycles. The highest BCUT2D eigenvalue weighted by molar-refractivity contribution is 5.89. The lowest BCUT2D eigenvalue weighted by Gasteiger charge is -2.12. The van der Waals surface area contributed by atoms with Gasteiger partial charge in [0.2, 0.25) is 5.89 Å². The van der Waals surface area contributed by atoms with E-state index in [-0.39, 0.29) is 12.6 Å². The molecule has 0 aliphatic carbocycles. The molecular weight excluding hydrogens is 282 g/mol. The molecule has 1 atom stereocenters. The molecule has 2 aromatic rings. The van der Waals surface area contributed by atoms with Crippen LogP contribution in [-0.4, -0.2) is 28.8 Å². The molecule has 0 radical (unpaired) electrons. The average Bonchev–Trinajstić information content (AvgIpc) is 2.92. The Balaban J connectivity index is 1.94. The standard InChI is InChI=1S/C16H21N3O3/c1-3-5-14(20)9-17-16(21)19-13-7-4-6-12(8-13)15-18-11(2)10-22-15/h4,6-8,10,14,20H,3,5,9H2,1-2H3,(H2,17,19,21). The number of hydrogen-bond donors (Lipinski definition) is 3. The normalized spacial score (nSPS) is 12.0. The summed E-state index contributed by atoms with van der Waals surface area (Å²) in [5.74, 6) is 0.514. The van der Waals surface area contributed by atoms with Gasteiger partial charge >= 0.3 is 6.03 Å². The lowest BCUT2D eigenvalue weighted by molar-refractivity contribution is 0.162. The molecule has 0 spiro atoms. The largest absolute Gasteiger partial charge is 0.444 e. The zero-order valence-corrected chi connectivity index (χ0v) is 12.8. The first kappa shape index (κ1) is 16.0. The number of nitrogens with zero attached hydrogens (tertiary/aromatic N) is 1. The summed E-state index contributed by atoms with van der Waals surface area (Å²) in [6.45, 7) is 4.07. The van der Waals surface area contributed by atoms with Crippen LogP contribution < -0.4 is 10.6 Å². The van der Waals surface area contributed by atoms with Gasteiger partial charge < -0.3 is 20.2 Å². The Labute approximate surface area is 129 Å². The first-order valence-corrected chi connectivity index (χ1v) is 7.34. The molecular formula is C16H21N3O3. The molecule has 1 unspecified atom stereocenters. The van der Waals surface area contributed by atoms with Crippen molar-refractivity contribution >= 4 is 11.7 Å². The van der Waals surface area contributed by atoms with Crippen molar-refractivity contribution in [3.05, 3.63) is 36.2 Å². The van der Waals surface area contributed by atoms with Crippen LogP contribution in [0.15, 0.2) is 34.9 Å². The third-order valence-electron chi connectivity index (χ3n) is 3.11. The topological polar surface area (TPSA) is 87.4 Å². The van der Waals surface area contributed by atoms with Gasteiger partial charge in [0.15, 0.2) is 0 Å². The Morgan fingerprint density at radius 1 is 1.45 bits per heavy atom. The SMILES string of the molecule is CCCC(O)CNC(=O)Nc1cccc(-c2nc(C)co2)c1. The molecule has 2 rings (SSSR count). The van der Waals surface area contributed by atoms with Crippen LogP contribution in [0, 0.1) is 6.92 Å². The van der Waals surface area contributed by atoms with E-state index in [4.69, 9.17) is 4.42 Å². The van der Waals surface area contributed by atoms with Crippen molar-refractivity contribution in [1.82, 2.24) is 10.3 Å². The second-order valence-corrected chi connectivity index (χ2v) is 5.15. The van der Waals surface area contributed by atoms with E-state index < -0.39 is 6.10 Å². The quantitative estimate of drug-likeness (QED) is 0.765. The van der Waals surface area contributed by atoms with E-state index >= 15 is 0 Å². The summed E-state index contributed by atoms with van der Waals surface area (Å²) in [5, 5.41) is 15.0. The number of anilines is 1. The van der Waals surface area contributed by atoms with Gasteiger partial charge in [-0.15, -0.1) is 0 Å². The maximum absolute atomic E-state index is 11.8. The van der Waals surface area contributed by atoms with Gasteiger partial charge in [-0.2, -0.15) is 0 Å². The molecule has 0 aliphatic rings. The zero-order chi connectivity index (χ0) is 15.9. The first-order chi connectivity index (χ1) is 10.6. The zero-order valence-electron chi connectivity index (χ0n) is 12.8. The van der Waals surface area contributed by atoms with Crippen LogP contribution in [0.2, 0.25) is 0 Å². The van der Waals surface area contributed by atoms with E-state index in [1.54, 1.807) is 18.4 Å². The van der Waals surface area contributed by atoms with Gasteiger partial charge in [-0.3, -0.25) is 0 Å². The highest BCUT2D eigenvalue weighted by Crippen LogP contribution is 2.21. The Hall–Kier alpha value is -2.34. The van der Waals surface area contributed by atoms with E-state index in [0.717, 1.165) is 17.7 Å². The minimum absolute atomic E-state index is 0.234. The first-order valence-electron chi connectivity index (χ1n) is 7.34. The molecule has 1 aromatic carbocycles. The van der Waals surface area contributed by atoms with Crippen molar-refractivity contribution in [3.63, 3.8) is 0 Å². The molecule has 0 saturated carbocycles. The number of nitrogens with one attached hydrogen (secondary N) is 2. The van der Waals surface area contributed by atoms with E-state index in [1.165, 1.54) is 0 Å². The molecule has 2 amide bonds. The Morgan fingerprint density at radius 2 is 2.27 bits per heavy atom. The second-order valence-electron chi connectivity index (χ2n) is 5.15. The van der Waals surface area contributed by atoms with Crippen LogP contribution >= 0.6 is 0 Å². The summed E-state index contributed by atoms with van der Waals surface area (Å²) >= 11 is 0. The van der Waals surface area contributed by atoms with Crippen molar-refractivity contribution in [1.29, 1.82) is 0 Å². The summed E-state index contributed by atoms with van der Waals surface area (Å²) in [6, 6.07) is 6.89. The van der Waals surface area contributed by atoms with Gasteiger partial charge in [-0.05, 0) is 31.5 Å². The smallest absolute Gasteiger partial charge is 0.319 e. The Kier molecular flexibility index (Phi) is 5.55. The molecule has 0 bridgehead atoms. The van der Waals surface area contributed by atoms with Crippen LogP contribution in [0.4, 0.5) is 10.5 Å². The Bertz CT molecular complexity index is 625. The second kappa shape index (κ2) is 7.61. The molecule has 3 N–H and O–H groups in total. The van der Waals surface area contributed by atoms with Gasteiger partial charge in [0.1, 0.15) is 6.26 Å². The fraction of sp³-hybridized carbons (Fsp3) is 0.375. The Morgan fingerprint density at radius 3 is 2.95 bits per heavy atom. The molecule has 0 fully saturated rings. The number of oxazole rings is 1. The highest BCUT2D eigenvalue weighted by Gasteiger charge is 2.08. The number of hydrogen-bond acceptors (Lipinski definition) is 4. The van der Waals surface area contributed by atoms with Crippen molar-refractivity contribution in [2.75, 3.05) is 11.9 Å². The van der Waals surface area contributed by atoms with Crippen molar-refractivity contribution in [2.24, 2.45) is 0 Å². The van der Waals surface area contributed by atoms with Crippen LogP contribution in [-0.2, 0) is 0 Å². The number of urea groups is 1. The number of aliphatic hydroxyl groups excluding tert-OH is 1. The fourth-order valence-corrected chi connectivity index (χ4v) is 2.04.